The van der Waals surface area contributed by atoms with Gasteiger partial charge in [-0.2, -0.15) is 0 Å². The second kappa shape index (κ2) is 4.76. The lowest BCUT2D eigenvalue weighted by Gasteiger charge is -2.03. The maximum absolute atomic E-state index is 10.3. The molecule has 0 amide bonds. The molecule has 0 spiro atoms. The zero-order valence-electron chi connectivity index (χ0n) is 10.4. The molecule has 2 aromatic carbocycles. The van der Waals surface area contributed by atoms with Gasteiger partial charge in [0.15, 0.2) is 0 Å². The molecule has 1 nitrogen and oxygen atoms in total. The van der Waals surface area contributed by atoms with Crippen molar-refractivity contribution in [3.63, 3.8) is 0 Å². The van der Waals surface area contributed by atoms with E-state index >= 15 is 0 Å². The summed E-state index contributed by atoms with van der Waals surface area (Å²) in [6.07, 6.45) is 0. The van der Waals surface area contributed by atoms with Crippen LogP contribution in [-0.2, 0) is 0 Å². The number of rotatable bonds is 2. The van der Waals surface area contributed by atoms with Crippen molar-refractivity contribution in [2.75, 3.05) is 0 Å². The van der Waals surface area contributed by atoms with E-state index in [1.54, 1.807) is 0 Å². The molecule has 3 heteroatoms. The van der Waals surface area contributed by atoms with Crippen molar-refractivity contribution < 1.29 is 5.11 Å². The molecule has 3 aromatic rings. The molecular formula is C16H12OS2. The Morgan fingerprint density at radius 3 is 2.42 bits per heavy atom. The van der Waals surface area contributed by atoms with E-state index in [2.05, 4.69) is 0 Å². The standard InChI is InChI=1S/C16H12OS2/c1-10-6-8-11(9-7-10)15(18)16-14(17)12-4-2-3-5-13(12)19-16/h2-9,17H,1H3. The van der Waals surface area contributed by atoms with Gasteiger partial charge in [0.1, 0.15) is 5.75 Å². The van der Waals surface area contributed by atoms with Crippen LogP contribution in [0.25, 0.3) is 10.1 Å². The fraction of sp³-hybridized carbons (Fsp3) is 0.0625. The quantitative estimate of drug-likeness (QED) is 0.544. The number of aromatic hydroxyl groups is 1. The molecule has 0 saturated heterocycles. The SMILES string of the molecule is Cc1ccc(C(=S)c2sc3ccccc3c2O)cc1. The normalized spacial score (nSPS) is 10.8. The molecule has 3 rings (SSSR count). The van der Waals surface area contributed by atoms with Crippen LogP contribution in [-0.4, -0.2) is 9.97 Å². The Morgan fingerprint density at radius 1 is 1.05 bits per heavy atom. The fourth-order valence-corrected chi connectivity index (χ4v) is 3.44. The summed E-state index contributed by atoms with van der Waals surface area (Å²) in [7, 11) is 0. The zero-order chi connectivity index (χ0) is 13.4. The van der Waals surface area contributed by atoms with Crippen LogP contribution in [0, 0.1) is 6.92 Å². The molecule has 0 unspecified atom stereocenters. The smallest absolute Gasteiger partial charge is 0.142 e. The monoisotopic (exact) mass is 284 g/mol. The van der Waals surface area contributed by atoms with Crippen molar-refractivity contribution in [2.45, 2.75) is 6.92 Å². The number of benzene rings is 2. The van der Waals surface area contributed by atoms with Gasteiger partial charge in [0.25, 0.3) is 0 Å². The van der Waals surface area contributed by atoms with Gasteiger partial charge in [-0.25, -0.2) is 0 Å². The van der Waals surface area contributed by atoms with E-state index in [0.29, 0.717) is 10.6 Å². The average molecular weight is 284 g/mol. The molecule has 0 aliphatic carbocycles. The van der Waals surface area contributed by atoms with Gasteiger partial charge in [0.05, 0.1) is 9.74 Å². The minimum atomic E-state index is 0.297. The predicted octanol–water partition coefficient (Wildman–Crippen LogP) is 4.68. The third-order valence-electron chi connectivity index (χ3n) is 3.09. The van der Waals surface area contributed by atoms with Crippen LogP contribution in [0.2, 0.25) is 0 Å². The molecule has 0 fully saturated rings. The van der Waals surface area contributed by atoms with Crippen molar-refractivity contribution in [1.29, 1.82) is 0 Å². The van der Waals surface area contributed by atoms with Gasteiger partial charge in [-0.1, -0.05) is 54.2 Å². The lowest BCUT2D eigenvalue weighted by atomic mass is 10.1. The van der Waals surface area contributed by atoms with Crippen LogP contribution in [0.3, 0.4) is 0 Å². The highest BCUT2D eigenvalue weighted by Gasteiger charge is 2.15. The van der Waals surface area contributed by atoms with Crippen LogP contribution < -0.4 is 0 Å². The van der Waals surface area contributed by atoms with Crippen LogP contribution >= 0.6 is 23.6 Å². The largest absolute Gasteiger partial charge is 0.506 e. The Kier molecular flexibility index (Phi) is 3.09. The molecule has 0 bridgehead atoms. The van der Waals surface area contributed by atoms with E-state index in [1.165, 1.54) is 16.9 Å². The van der Waals surface area contributed by atoms with Gasteiger partial charge in [0.2, 0.25) is 0 Å². The van der Waals surface area contributed by atoms with Gasteiger partial charge < -0.3 is 5.11 Å². The fourth-order valence-electron chi connectivity index (χ4n) is 2.02. The molecule has 0 saturated carbocycles. The summed E-state index contributed by atoms with van der Waals surface area (Å²) in [4.78, 5) is 1.48. The minimum absolute atomic E-state index is 0.297. The summed E-state index contributed by atoms with van der Waals surface area (Å²) in [6, 6.07) is 15.9. The Morgan fingerprint density at radius 2 is 1.74 bits per heavy atom. The summed E-state index contributed by atoms with van der Waals surface area (Å²) >= 11 is 7.05. The van der Waals surface area contributed by atoms with E-state index in [-0.39, 0.29) is 0 Å². The summed E-state index contributed by atoms with van der Waals surface area (Å²) in [6.45, 7) is 2.05. The van der Waals surface area contributed by atoms with E-state index in [4.69, 9.17) is 12.2 Å². The van der Waals surface area contributed by atoms with Crippen molar-refractivity contribution in [3.05, 3.63) is 64.5 Å². The third kappa shape index (κ3) is 2.15. The summed E-state index contributed by atoms with van der Waals surface area (Å²) in [5.41, 5.74) is 2.18. The molecule has 94 valence electrons. The zero-order valence-corrected chi connectivity index (χ0v) is 12.0. The molecule has 0 aliphatic rings. The Bertz CT molecular complexity index is 754. The minimum Gasteiger partial charge on any atom is -0.506 e. The number of thiophene rings is 1. The molecule has 1 heterocycles. The third-order valence-corrected chi connectivity index (χ3v) is 4.84. The van der Waals surface area contributed by atoms with Gasteiger partial charge in [-0.3, -0.25) is 0 Å². The lowest BCUT2D eigenvalue weighted by Crippen LogP contribution is -1.96. The summed E-state index contributed by atoms with van der Waals surface area (Å²) in [5, 5.41) is 11.2. The maximum atomic E-state index is 10.3. The van der Waals surface area contributed by atoms with E-state index in [9.17, 15) is 5.11 Å². The number of hydrogen-bond donors (Lipinski definition) is 1. The lowest BCUT2D eigenvalue weighted by molar-refractivity contribution is 0.483. The average Bonchev–Trinajstić information content (AvgIpc) is 2.77. The van der Waals surface area contributed by atoms with Crippen molar-refractivity contribution >= 4 is 38.5 Å². The number of aryl methyl sites for hydroxylation is 1. The first kappa shape index (κ1) is 12.3. The summed E-state index contributed by atoms with van der Waals surface area (Å²) in [5.74, 6) is 0.297. The first-order valence-electron chi connectivity index (χ1n) is 5.98. The molecular weight excluding hydrogens is 272 g/mol. The second-order valence-corrected chi connectivity index (χ2v) is 5.93. The van der Waals surface area contributed by atoms with Gasteiger partial charge in [-0.05, 0) is 24.6 Å². The van der Waals surface area contributed by atoms with Crippen molar-refractivity contribution in [1.82, 2.24) is 0 Å². The van der Waals surface area contributed by atoms with Crippen LogP contribution in [0.15, 0.2) is 48.5 Å². The topological polar surface area (TPSA) is 20.2 Å². The second-order valence-electron chi connectivity index (χ2n) is 4.47. The molecule has 1 aromatic heterocycles. The highest BCUT2D eigenvalue weighted by atomic mass is 32.1. The molecule has 0 atom stereocenters. The molecule has 0 radical (unpaired) electrons. The Balaban J connectivity index is 2.11. The first-order valence-corrected chi connectivity index (χ1v) is 7.21. The van der Waals surface area contributed by atoms with Crippen LogP contribution in [0.1, 0.15) is 16.0 Å². The Labute approximate surface area is 121 Å². The van der Waals surface area contributed by atoms with Gasteiger partial charge in [0, 0.05) is 10.1 Å². The summed E-state index contributed by atoms with van der Waals surface area (Å²) < 4.78 is 1.06. The van der Waals surface area contributed by atoms with E-state index in [0.717, 1.165) is 20.5 Å². The highest BCUT2D eigenvalue weighted by Crippen LogP contribution is 2.38. The van der Waals surface area contributed by atoms with Gasteiger partial charge in [-0.15, -0.1) is 11.3 Å². The number of hydrogen-bond acceptors (Lipinski definition) is 3. The highest BCUT2D eigenvalue weighted by molar-refractivity contribution is 7.81. The first-order chi connectivity index (χ1) is 9.16. The van der Waals surface area contributed by atoms with Crippen LogP contribution in [0.5, 0.6) is 5.75 Å². The van der Waals surface area contributed by atoms with Crippen molar-refractivity contribution in [3.8, 4) is 5.75 Å². The van der Waals surface area contributed by atoms with E-state index < -0.39 is 0 Å². The molecule has 19 heavy (non-hydrogen) atoms. The number of fused-ring (bicyclic) bond motifs is 1. The Hall–Kier alpha value is -1.71. The number of thiocarbonyl (C=S) groups is 1. The van der Waals surface area contributed by atoms with Gasteiger partial charge >= 0.3 is 0 Å². The van der Waals surface area contributed by atoms with Crippen LogP contribution in [0.4, 0.5) is 0 Å². The molecule has 0 aliphatic heterocycles. The maximum Gasteiger partial charge on any atom is 0.142 e. The van der Waals surface area contributed by atoms with Crippen molar-refractivity contribution in [2.24, 2.45) is 0 Å². The van der Waals surface area contributed by atoms with E-state index in [1.807, 2.05) is 55.5 Å². The predicted molar refractivity (Wildman–Crippen MR) is 85.5 cm³/mol. The molecule has 1 N–H and O–H groups in total.